The maximum Gasteiger partial charge on any atom is 0.0454 e. The average molecular weight is 195 g/mol. The van der Waals surface area contributed by atoms with Crippen LogP contribution in [0.15, 0.2) is 18.2 Å². The number of halogens is 1. The summed E-state index contributed by atoms with van der Waals surface area (Å²) in [5, 5.41) is 0.873. The summed E-state index contributed by atoms with van der Waals surface area (Å²) >= 11 is 6.12. The minimum Gasteiger partial charge on any atom is -0.299 e. The van der Waals surface area contributed by atoms with Crippen molar-refractivity contribution in [3.63, 3.8) is 0 Å². The standard InChI is InChI=1S/C11H13ClN/c1-13-8-4-7-11(13)9-5-2-3-6-10(9)12/h3,5-6,11H,4,7-8H2,1H3. The van der Waals surface area contributed by atoms with Gasteiger partial charge in [0.1, 0.15) is 0 Å². The number of nitrogens with zero attached hydrogens (tertiary/aromatic N) is 1. The van der Waals surface area contributed by atoms with Gasteiger partial charge < -0.3 is 0 Å². The predicted octanol–water partition coefficient (Wildman–Crippen LogP) is 2.91. The molecule has 1 fully saturated rings. The first-order chi connectivity index (χ1) is 6.29. The SMILES string of the molecule is CN1CCCC1c1c[c]ccc1Cl. The zero-order valence-electron chi connectivity index (χ0n) is 7.76. The highest BCUT2D eigenvalue weighted by molar-refractivity contribution is 6.31. The maximum atomic E-state index is 6.12. The summed E-state index contributed by atoms with van der Waals surface area (Å²) in [4.78, 5) is 2.36. The van der Waals surface area contributed by atoms with Crippen LogP contribution >= 0.6 is 11.6 Å². The lowest BCUT2D eigenvalue weighted by molar-refractivity contribution is 0.317. The minimum atomic E-state index is 0.505. The first-order valence-electron chi connectivity index (χ1n) is 4.65. The summed E-state index contributed by atoms with van der Waals surface area (Å²) < 4.78 is 0. The van der Waals surface area contributed by atoms with Crippen molar-refractivity contribution in [1.29, 1.82) is 0 Å². The molecule has 1 aromatic carbocycles. The van der Waals surface area contributed by atoms with Gasteiger partial charge in [-0.2, -0.15) is 0 Å². The molecule has 2 heteroatoms. The highest BCUT2D eigenvalue weighted by Crippen LogP contribution is 2.33. The first kappa shape index (κ1) is 9.04. The lowest BCUT2D eigenvalue weighted by Gasteiger charge is -2.20. The molecule has 69 valence electrons. The van der Waals surface area contributed by atoms with E-state index >= 15 is 0 Å². The second-order valence-corrected chi connectivity index (χ2v) is 3.99. The van der Waals surface area contributed by atoms with Crippen molar-refractivity contribution in [3.05, 3.63) is 34.9 Å². The molecule has 2 rings (SSSR count). The molecular formula is C11H13ClN. The summed E-state index contributed by atoms with van der Waals surface area (Å²) in [5.74, 6) is 0. The van der Waals surface area contributed by atoms with Gasteiger partial charge in [-0.1, -0.05) is 17.7 Å². The van der Waals surface area contributed by atoms with Crippen LogP contribution in [-0.4, -0.2) is 18.5 Å². The highest BCUT2D eigenvalue weighted by Gasteiger charge is 2.23. The Bertz CT molecular complexity index is 298. The molecule has 1 unspecified atom stereocenters. The van der Waals surface area contributed by atoms with Crippen LogP contribution in [0.1, 0.15) is 24.4 Å². The normalized spacial score (nSPS) is 23.7. The molecule has 1 saturated heterocycles. The molecule has 0 N–H and O–H groups in total. The summed E-state index contributed by atoms with van der Waals surface area (Å²) in [6.45, 7) is 1.18. The molecule has 0 saturated carbocycles. The third kappa shape index (κ3) is 1.72. The van der Waals surface area contributed by atoms with Crippen molar-refractivity contribution in [2.75, 3.05) is 13.6 Å². The number of hydrogen-bond donors (Lipinski definition) is 0. The minimum absolute atomic E-state index is 0.505. The van der Waals surface area contributed by atoms with Crippen LogP contribution in [0.3, 0.4) is 0 Å². The fourth-order valence-electron chi connectivity index (χ4n) is 1.98. The molecule has 0 spiro atoms. The van der Waals surface area contributed by atoms with E-state index in [4.69, 9.17) is 11.6 Å². The number of hydrogen-bond acceptors (Lipinski definition) is 1. The molecular weight excluding hydrogens is 182 g/mol. The van der Waals surface area contributed by atoms with Crippen LogP contribution in [0.5, 0.6) is 0 Å². The van der Waals surface area contributed by atoms with Crippen LogP contribution in [-0.2, 0) is 0 Å². The Hall–Kier alpha value is -0.530. The van der Waals surface area contributed by atoms with E-state index in [9.17, 15) is 0 Å². The molecule has 1 radical (unpaired) electrons. The third-order valence-electron chi connectivity index (χ3n) is 2.72. The van der Waals surface area contributed by atoms with Crippen LogP contribution in [0.25, 0.3) is 0 Å². The van der Waals surface area contributed by atoms with Gasteiger partial charge in [0.05, 0.1) is 0 Å². The van der Waals surface area contributed by atoms with Crippen molar-refractivity contribution in [1.82, 2.24) is 4.90 Å². The van der Waals surface area contributed by atoms with Crippen molar-refractivity contribution in [2.24, 2.45) is 0 Å². The van der Waals surface area contributed by atoms with E-state index < -0.39 is 0 Å². The molecule has 1 aliphatic rings. The largest absolute Gasteiger partial charge is 0.299 e. The molecule has 1 atom stereocenters. The van der Waals surface area contributed by atoms with Crippen molar-refractivity contribution < 1.29 is 0 Å². The molecule has 1 aromatic rings. The average Bonchev–Trinajstić information content (AvgIpc) is 2.52. The topological polar surface area (TPSA) is 3.24 Å². The van der Waals surface area contributed by atoms with E-state index in [0.717, 1.165) is 5.02 Å². The van der Waals surface area contributed by atoms with E-state index in [0.29, 0.717) is 6.04 Å². The summed E-state index contributed by atoms with van der Waals surface area (Å²) in [6, 6.07) is 9.38. The van der Waals surface area contributed by atoms with Gasteiger partial charge in [0.25, 0.3) is 0 Å². The van der Waals surface area contributed by atoms with Crippen LogP contribution in [0, 0.1) is 6.07 Å². The van der Waals surface area contributed by atoms with Gasteiger partial charge in [-0.05, 0) is 50.2 Å². The number of rotatable bonds is 1. The van der Waals surface area contributed by atoms with Crippen molar-refractivity contribution in [3.8, 4) is 0 Å². The molecule has 0 aliphatic carbocycles. The third-order valence-corrected chi connectivity index (χ3v) is 3.06. The summed E-state index contributed by atoms with van der Waals surface area (Å²) in [7, 11) is 2.15. The second kappa shape index (κ2) is 3.69. The Labute approximate surface area is 84.3 Å². The van der Waals surface area contributed by atoms with Gasteiger partial charge >= 0.3 is 0 Å². The Kier molecular flexibility index (Phi) is 2.56. The monoisotopic (exact) mass is 194 g/mol. The van der Waals surface area contributed by atoms with E-state index in [-0.39, 0.29) is 0 Å². The number of benzene rings is 1. The Morgan fingerprint density at radius 3 is 3.08 bits per heavy atom. The molecule has 0 bridgehead atoms. The van der Waals surface area contributed by atoms with E-state index in [1.165, 1.54) is 24.9 Å². The first-order valence-corrected chi connectivity index (χ1v) is 5.02. The van der Waals surface area contributed by atoms with E-state index in [2.05, 4.69) is 18.0 Å². The summed E-state index contributed by atoms with van der Waals surface area (Å²) in [6.07, 6.45) is 2.49. The fraction of sp³-hybridized carbons (Fsp3) is 0.455. The highest BCUT2D eigenvalue weighted by atomic mass is 35.5. The van der Waals surface area contributed by atoms with Crippen LogP contribution in [0.2, 0.25) is 5.02 Å². The fourth-order valence-corrected chi connectivity index (χ4v) is 2.23. The van der Waals surface area contributed by atoms with E-state index in [1.807, 2.05) is 18.2 Å². The van der Waals surface area contributed by atoms with Gasteiger partial charge in [-0.25, -0.2) is 0 Å². The lowest BCUT2D eigenvalue weighted by atomic mass is 10.1. The molecule has 13 heavy (non-hydrogen) atoms. The quantitative estimate of drug-likeness (QED) is 0.665. The van der Waals surface area contributed by atoms with Crippen molar-refractivity contribution in [2.45, 2.75) is 18.9 Å². The molecule has 0 amide bonds. The van der Waals surface area contributed by atoms with Crippen molar-refractivity contribution >= 4 is 11.6 Å². The zero-order chi connectivity index (χ0) is 9.26. The van der Waals surface area contributed by atoms with Crippen LogP contribution < -0.4 is 0 Å². The zero-order valence-corrected chi connectivity index (χ0v) is 8.51. The van der Waals surface area contributed by atoms with Crippen LogP contribution in [0.4, 0.5) is 0 Å². The Balaban J connectivity index is 2.29. The van der Waals surface area contributed by atoms with Gasteiger partial charge in [0, 0.05) is 11.1 Å². The van der Waals surface area contributed by atoms with Gasteiger partial charge in [0.2, 0.25) is 0 Å². The smallest absolute Gasteiger partial charge is 0.0454 e. The Morgan fingerprint density at radius 1 is 1.62 bits per heavy atom. The second-order valence-electron chi connectivity index (χ2n) is 3.59. The Morgan fingerprint density at radius 2 is 2.46 bits per heavy atom. The van der Waals surface area contributed by atoms with Gasteiger partial charge in [-0.3, -0.25) is 4.90 Å². The van der Waals surface area contributed by atoms with Gasteiger partial charge in [-0.15, -0.1) is 0 Å². The lowest BCUT2D eigenvalue weighted by Crippen LogP contribution is -2.17. The predicted molar refractivity (Wildman–Crippen MR) is 54.9 cm³/mol. The maximum absolute atomic E-state index is 6.12. The van der Waals surface area contributed by atoms with Gasteiger partial charge in [0.15, 0.2) is 0 Å². The molecule has 1 nitrogen and oxygen atoms in total. The molecule has 1 heterocycles. The molecule has 1 aliphatic heterocycles. The molecule has 0 aromatic heterocycles. The van der Waals surface area contributed by atoms with E-state index in [1.54, 1.807) is 0 Å². The number of likely N-dealkylation sites (tertiary alicyclic amines) is 1. The summed E-state index contributed by atoms with van der Waals surface area (Å²) in [5.41, 5.74) is 1.23.